The molecule has 0 aromatic heterocycles. The second-order valence-electron chi connectivity index (χ2n) is 3.89. The van der Waals surface area contributed by atoms with Crippen molar-refractivity contribution in [3.05, 3.63) is 40.9 Å². The average Bonchev–Trinajstić information content (AvgIpc) is 2.30. The van der Waals surface area contributed by atoms with E-state index in [4.69, 9.17) is 11.5 Å². The maximum atomic E-state index is 5.97. The smallest absolute Gasteiger partial charge is 0.139 e. The molecule has 18 heavy (non-hydrogen) atoms. The second kappa shape index (κ2) is 5.95. The molecule has 2 nitrogen and oxygen atoms in total. The van der Waals surface area contributed by atoms with Crippen molar-refractivity contribution in [2.45, 2.75) is 9.79 Å². The van der Waals surface area contributed by atoms with E-state index in [0.717, 1.165) is 25.6 Å². The van der Waals surface area contributed by atoms with Crippen LogP contribution in [0.1, 0.15) is 0 Å². The lowest BCUT2D eigenvalue weighted by Crippen LogP contribution is -2.03. The van der Waals surface area contributed by atoms with E-state index >= 15 is 0 Å². The molecule has 0 aliphatic rings. The first kappa shape index (κ1) is 13.7. The first-order valence-electron chi connectivity index (χ1n) is 5.32. The third-order valence-electron chi connectivity index (χ3n) is 2.36. The van der Waals surface area contributed by atoms with Crippen molar-refractivity contribution in [1.82, 2.24) is 0 Å². The van der Waals surface area contributed by atoms with Crippen molar-refractivity contribution in [1.29, 1.82) is 0 Å². The molecule has 0 amide bonds. The number of nitrogens with two attached hydrogens (primary N) is 2. The number of hydrogen-bond acceptors (Lipinski definition) is 4. The summed E-state index contributed by atoms with van der Waals surface area (Å²) >= 11 is 3.40. The number of nitrogen functional groups attached to an aromatic ring is 2. The SMILES string of the molecule is Bc1ccc(SSc2ccc(Br)cc2N)c(N)c1. The van der Waals surface area contributed by atoms with Crippen molar-refractivity contribution in [3.63, 3.8) is 0 Å². The first-order valence-corrected chi connectivity index (χ1v) is 8.26. The Hall–Kier alpha value is -0.715. The Bertz CT molecular complexity index is 526. The summed E-state index contributed by atoms with van der Waals surface area (Å²) in [6, 6.07) is 12.0. The number of rotatable bonds is 3. The lowest BCUT2D eigenvalue weighted by molar-refractivity contribution is 1.45. The van der Waals surface area contributed by atoms with Crippen LogP contribution in [-0.2, 0) is 0 Å². The number of benzene rings is 2. The van der Waals surface area contributed by atoms with Gasteiger partial charge in [-0.05, 0) is 30.3 Å². The van der Waals surface area contributed by atoms with Crippen LogP contribution in [0, 0.1) is 0 Å². The fourth-order valence-electron chi connectivity index (χ4n) is 1.43. The van der Waals surface area contributed by atoms with Crippen LogP contribution < -0.4 is 16.9 Å². The minimum absolute atomic E-state index is 0.771. The molecular weight excluding hydrogens is 327 g/mol. The molecule has 4 N–H and O–H groups in total. The average molecular weight is 339 g/mol. The van der Waals surface area contributed by atoms with Crippen LogP contribution in [0.25, 0.3) is 0 Å². The molecule has 0 spiro atoms. The van der Waals surface area contributed by atoms with Gasteiger partial charge in [-0.1, -0.05) is 49.0 Å². The van der Waals surface area contributed by atoms with Gasteiger partial charge in [0.05, 0.1) is 0 Å². The largest absolute Gasteiger partial charge is 0.398 e. The Labute approximate surface area is 124 Å². The molecular formula is C12H12BBrN2S2. The molecule has 6 heteroatoms. The van der Waals surface area contributed by atoms with Gasteiger partial charge in [0.2, 0.25) is 0 Å². The number of hydrogen-bond donors (Lipinski definition) is 2. The van der Waals surface area contributed by atoms with Crippen LogP contribution in [0.5, 0.6) is 0 Å². The summed E-state index contributed by atoms with van der Waals surface area (Å²) < 4.78 is 0.990. The summed E-state index contributed by atoms with van der Waals surface area (Å²) in [7, 11) is 5.28. The molecule has 0 saturated heterocycles. The minimum Gasteiger partial charge on any atom is -0.398 e. The summed E-state index contributed by atoms with van der Waals surface area (Å²) in [6.07, 6.45) is 0. The highest BCUT2D eigenvalue weighted by Crippen LogP contribution is 2.42. The van der Waals surface area contributed by atoms with E-state index in [0.29, 0.717) is 0 Å². The molecule has 0 unspecified atom stereocenters. The third-order valence-corrected chi connectivity index (χ3v) is 5.36. The van der Waals surface area contributed by atoms with Gasteiger partial charge in [0.1, 0.15) is 7.85 Å². The monoisotopic (exact) mass is 338 g/mol. The van der Waals surface area contributed by atoms with E-state index < -0.39 is 0 Å². The van der Waals surface area contributed by atoms with Crippen LogP contribution in [0.2, 0.25) is 0 Å². The standard InChI is InChI=1S/C12H12BBrN2S2/c13-7-1-3-11(9(15)5-7)17-18-12-4-2-8(14)6-10(12)16/h1-6H,13,15-16H2. The second-order valence-corrected chi connectivity index (χ2v) is 7.02. The minimum atomic E-state index is 0.771. The summed E-state index contributed by atoms with van der Waals surface area (Å²) in [5.41, 5.74) is 14.7. The third kappa shape index (κ3) is 3.40. The summed E-state index contributed by atoms with van der Waals surface area (Å²) in [6.45, 7) is 0. The Morgan fingerprint density at radius 1 is 0.889 bits per heavy atom. The predicted octanol–water partition coefficient (Wildman–Crippen LogP) is 2.67. The zero-order valence-corrected chi connectivity index (χ0v) is 13.0. The van der Waals surface area contributed by atoms with Crippen molar-refractivity contribution >= 4 is 62.2 Å². The molecule has 0 atom stereocenters. The summed E-state index contributed by atoms with van der Waals surface area (Å²) in [5.74, 6) is 0. The fourth-order valence-corrected chi connectivity index (χ4v) is 3.99. The van der Waals surface area contributed by atoms with Crippen LogP contribution in [0.4, 0.5) is 11.4 Å². The van der Waals surface area contributed by atoms with Crippen LogP contribution >= 0.6 is 37.5 Å². The molecule has 0 heterocycles. The van der Waals surface area contributed by atoms with E-state index in [1.165, 1.54) is 5.46 Å². The fraction of sp³-hybridized carbons (Fsp3) is 0. The molecule has 0 aliphatic carbocycles. The molecule has 0 fully saturated rings. The zero-order chi connectivity index (χ0) is 13.1. The Balaban J connectivity index is 2.11. The van der Waals surface area contributed by atoms with E-state index in [1.54, 1.807) is 21.6 Å². The zero-order valence-electron chi connectivity index (χ0n) is 9.81. The van der Waals surface area contributed by atoms with Crippen molar-refractivity contribution in [2.24, 2.45) is 0 Å². The molecule has 0 bridgehead atoms. The van der Waals surface area contributed by atoms with Crippen LogP contribution in [0.15, 0.2) is 50.7 Å². The summed E-state index contributed by atoms with van der Waals surface area (Å²) in [4.78, 5) is 2.11. The number of halogens is 1. The Kier molecular flexibility index (Phi) is 4.53. The molecule has 2 aromatic rings. The van der Waals surface area contributed by atoms with Gasteiger partial charge in [-0.2, -0.15) is 0 Å². The van der Waals surface area contributed by atoms with E-state index in [2.05, 4.69) is 22.0 Å². The first-order chi connectivity index (χ1) is 8.56. The molecule has 2 rings (SSSR count). The van der Waals surface area contributed by atoms with Crippen molar-refractivity contribution in [2.75, 3.05) is 11.5 Å². The highest BCUT2D eigenvalue weighted by molar-refractivity contribution is 9.10. The molecule has 0 aliphatic heterocycles. The van der Waals surface area contributed by atoms with Crippen molar-refractivity contribution < 1.29 is 0 Å². The Morgan fingerprint density at radius 3 is 2.00 bits per heavy atom. The van der Waals surface area contributed by atoms with Gasteiger partial charge in [0, 0.05) is 25.6 Å². The normalized spacial score (nSPS) is 10.5. The lowest BCUT2D eigenvalue weighted by atomic mass is 9.96. The highest BCUT2D eigenvalue weighted by Gasteiger charge is 2.05. The maximum absolute atomic E-state index is 5.97. The lowest BCUT2D eigenvalue weighted by Gasteiger charge is -2.07. The van der Waals surface area contributed by atoms with E-state index in [-0.39, 0.29) is 0 Å². The summed E-state index contributed by atoms with van der Waals surface area (Å²) in [5, 5.41) is 0. The van der Waals surface area contributed by atoms with Gasteiger partial charge in [-0.15, -0.1) is 0 Å². The van der Waals surface area contributed by atoms with E-state index in [9.17, 15) is 0 Å². The van der Waals surface area contributed by atoms with E-state index in [1.807, 2.05) is 38.2 Å². The van der Waals surface area contributed by atoms with Crippen LogP contribution in [-0.4, -0.2) is 7.85 Å². The maximum Gasteiger partial charge on any atom is 0.139 e. The van der Waals surface area contributed by atoms with Gasteiger partial charge in [-0.3, -0.25) is 0 Å². The molecule has 0 saturated carbocycles. The van der Waals surface area contributed by atoms with Crippen molar-refractivity contribution in [3.8, 4) is 0 Å². The quantitative estimate of drug-likeness (QED) is 0.513. The highest BCUT2D eigenvalue weighted by atomic mass is 79.9. The number of anilines is 2. The van der Waals surface area contributed by atoms with Gasteiger partial charge in [0.25, 0.3) is 0 Å². The van der Waals surface area contributed by atoms with Gasteiger partial charge in [-0.25, -0.2) is 0 Å². The molecule has 0 radical (unpaired) electrons. The topological polar surface area (TPSA) is 52.0 Å². The van der Waals surface area contributed by atoms with Crippen LogP contribution in [0.3, 0.4) is 0 Å². The van der Waals surface area contributed by atoms with Gasteiger partial charge in [0.15, 0.2) is 0 Å². The molecule has 92 valence electrons. The van der Waals surface area contributed by atoms with Gasteiger partial charge < -0.3 is 11.5 Å². The molecule has 2 aromatic carbocycles. The Morgan fingerprint density at radius 2 is 1.44 bits per heavy atom. The van der Waals surface area contributed by atoms with Gasteiger partial charge >= 0.3 is 0 Å². The predicted molar refractivity (Wildman–Crippen MR) is 89.3 cm³/mol.